The van der Waals surface area contributed by atoms with Crippen molar-refractivity contribution in [1.82, 2.24) is 5.43 Å². The van der Waals surface area contributed by atoms with Crippen molar-refractivity contribution in [2.75, 3.05) is 27.9 Å². The first-order valence-electron chi connectivity index (χ1n) is 8.48. The number of halogens is 1. The summed E-state index contributed by atoms with van der Waals surface area (Å²) < 4.78 is 20.9. The van der Waals surface area contributed by atoms with Gasteiger partial charge < -0.3 is 18.9 Å². The molecule has 0 atom stereocenters. The summed E-state index contributed by atoms with van der Waals surface area (Å²) in [6.07, 6.45) is 1.66. The monoisotopic (exact) mass is 464 g/mol. The predicted octanol–water partition coefficient (Wildman–Crippen LogP) is 2.71. The van der Waals surface area contributed by atoms with Gasteiger partial charge in [0.25, 0.3) is 0 Å². The Morgan fingerprint density at radius 2 is 1.83 bits per heavy atom. The molecule has 1 amide bonds. The fourth-order valence-electron chi connectivity index (χ4n) is 2.29. The molecule has 9 heteroatoms. The molecule has 0 saturated heterocycles. The number of nitrogens with one attached hydrogen (secondary N) is 1. The Kier molecular flexibility index (Phi) is 8.47. The van der Waals surface area contributed by atoms with Gasteiger partial charge in [-0.3, -0.25) is 4.79 Å². The lowest BCUT2D eigenvalue weighted by atomic mass is 10.1. The van der Waals surface area contributed by atoms with Gasteiger partial charge in [0.2, 0.25) is 5.91 Å². The Morgan fingerprint density at radius 3 is 2.45 bits per heavy atom. The minimum Gasteiger partial charge on any atom is -0.497 e. The number of nitrogens with zero attached hydrogens (tertiary/aromatic N) is 1. The van der Waals surface area contributed by atoms with Gasteiger partial charge in [-0.1, -0.05) is 12.1 Å². The third kappa shape index (κ3) is 6.79. The molecule has 0 spiro atoms. The molecule has 0 bridgehead atoms. The highest BCUT2D eigenvalue weighted by Crippen LogP contribution is 2.36. The molecule has 2 aromatic carbocycles. The zero-order chi connectivity index (χ0) is 21.2. The van der Waals surface area contributed by atoms with Crippen LogP contribution in [0, 0.1) is 0 Å². The molecule has 8 nitrogen and oxygen atoms in total. The second-order valence-electron chi connectivity index (χ2n) is 5.72. The Balaban J connectivity index is 1.99. The first-order chi connectivity index (χ1) is 14.0. The van der Waals surface area contributed by atoms with E-state index in [1.54, 1.807) is 31.4 Å². The van der Waals surface area contributed by atoms with Crippen LogP contribution in [0.2, 0.25) is 0 Å². The highest BCUT2D eigenvalue weighted by atomic mass is 79.9. The van der Waals surface area contributed by atoms with Gasteiger partial charge in [0.1, 0.15) is 5.75 Å². The average Bonchev–Trinajstić information content (AvgIpc) is 2.72. The number of methoxy groups -OCH3 is 3. The largest absolute Gasteiger partial charge is 0.497 e. The SMILES string of the molecule is COC(=O)COc1c(Br)cc(/C=N\NC(=O)Cc2ccc(OC)cc2)cc1OC. The summed E-state index contributed by atoms with van der Waals surface area (Å²) in [5.41, 5.74) is 3.98. The molecule has 0 saturated carbocycles. The van der Waals surface area contributed by atoms with E-state index in [0.717, 1.165) is 11.3 Å². The van der Waals surface area contributed by atoms with Crippen LogP contribution in [0.3, 0.4) is 0 Å². The van der Waals surface area contributed by atoms with Crippen molar-refractivity contribution in [3.05, 3.63) is 52.0 Å². The summed E-state index contributed by atoms with van der Waals surface area (Å²) in [4.78, 5) is 23.3. The Labute approximate surface area is 176 Å². The quantitative estimate of drug-likeness (QED) is 0.348. The standard InChI is InChI=1S/C20H21BrN2O6/c1-26-15-6-4-13(5-7-15)10-18(24)23-22-11-14-8-16(21)20(17(9-14)27-2)29-12-19(25)28-3/h4-9,11H,10,12H2,1-3H3,(H,23,24)/b22-11-. The summed E-state index contributed by atoms with van der Waals surface area (Å²) in [6.45, 7) is -0.250. The number of hydrogen-bond donors (Lipinski definition) is 1. The van der Waals surface area contributed by atoms with Crippen LogP contribution in [-0.2, 0) is 20.7 Å². The zero-order valence-electron chi connectivity index (χ0n) is 16.2. The molecule has 0 aliphatic carbocycles. The lowest BCUT2D eigenvalue weighted by molar-refractivity contribution is -0.143. The number of ether oxygens (including phenoxy) is 4. The molecule has 154 valence electrons. The van der Waals surface area contributed by atoms with Gasteiger partial charge in [0.15, 0.2) is 18.1 Å². The lowest BCUT2D eigenvalue weighted by Gasteiger charge is -2.12. The zero-order valence-corrected chi connectivity index (χ0v) is 17.8. The number of carbonyl (C=O) groups excluding carboxylic acids is 2. The number of amides is 1. The fourth-order valence-corrected chi connectivity index (χ4v) is 2.87. The van der Waals surface area contributed by atoms with E-state index in [2.05, 4.69) is 31.2 Å². The molecule has 0 heterocycles. The van der Waals surface area contributed by atoms with E-state index in [9.17, 15) is 9.59 Å². The molecule has 0 aliphatic rings. The highest BCUT2D eigenvalue weighted by molar-refractivity contribution is 9.10. The van der Waals surface area contributed by atoms with Crippen LogP contribution in [0.5, 0.6) is 17.2 Å². The van der Waals surface area contributed by atoms with Gasteiger partial charge in [-0.15, -0.1) is 0 Å². The molecule has 0 fully saturated rings. The first-order valence-corrected chi connectivity index (χ1v) is 9.28. The van der Waals surface area contributed by atoms with Gasteiger partial charge in [-0.2, -0.15) is 5.10 Å². The van der Waals surface area contributed by atoms with E-state index >= 15 is 0 Å². The van der Waals surface area contributed by atoms with E-state index in [1.807, 2.05) is 12.1 Å². The van der Waals surface area contributed by atoms with E-state index in [4.69, 9.17) is 14.2 Å². The Morgan fingerprint density at radius 1 is 1.10 bits per heavy atom. The maximum absolute atomic E-state index is 12.0. The summed E-state index contributed by atoms with van der Waals surface area (Å²) in [5, 5.41) is 3.96. The Bertz CT molecular complexity index is 883. The van der Waals surface area contributed by atoms with E-state index in [-0.39, 0.29) is 18.9 Å². The first kappa shape index (κ1) is 22.2. The molecular weight excluding hydrogens is 444 g/mol. The summed E-state index contributed by atoms with van der Waals surface area (Å²) in [6, 6.07) is 10.6. The summed E-state index contributed by atoms with van der Waals surface area (Å²) in [5.74, 6) is 0.721. The van der Waals surface area contributed by atoms with Crippen LogP contribution >= 0.6 is 15.9 Å². The van der Waals surface area contributed by atoms with Crippen LogP contribution < -0.4 is 19.6 Å². The van der Waals surface area contributed by atoms with Crippen molar-refractivity contribution in [3.8, 4) is 17.2 Å². The Hall–Kier alpha value is -3.07. The van der Waals surface area contributed by atoms with E-state index in [0.29, 0.717) is 21.5 Å². The molecule has 0 unspecified atom stereocenters. The minimum absolute atomic E-state index is 0.189. The smallest absolute Gasteiger partial charge is 0.343 e. The van der Waals surface area contributed by atoms with Crippen LogP contribution in [-0.4, -0.2) is 46.0 Å². The fraction of sp³-hybridized carbons (Fsp3) is 0.250. The topological polar surface area (TPSA) is 95.5 Å². The highest BCUT2D eigenvalue weighted by Gasteiger charge is 2.13. The third-order valence-corrected chi connectivity index (χ3v) is 4.33. The maximum atomic E-state index is 12.0. The number of hydrazone groups is 1. The maximum Gasteiger partial charge on any atom is 0.343 e. The van der Waals surface area contributed by atoms with Crippen molar-refractivity contribution >= 4 is 34.0 Å². The predicted molar refractivity (Wildman–Crippen MR) is 111 cm³/mol. The number of benzene rings is 2. The minimum atomic E-state index is -0.510. The molecule has 0 aliphatic heterocycles. The van der Waals surface area contributed by atoms with Crippen LogP contribution in [0.15, 0.2) is 46.0 Å². The molecule has 0 aromatic heterocycles. The molecular formula is C20H21BrN2O6. The number of rotatable bonds is 9. The van der Waals surface area contributed by atoms with Crippen LogP contribution in [0.4, 0.5) is 0 Å². The van der Waals surface area contributed by atoms with Crippen LogP contribution in [0.25, 0.3) is 0 Å². The molecule has 2 rings (SSSR count). The normalized spacial score (nSPS) is 10.5. The van der Waals surface area contributed by atoms with Gasteiger partial charge in [0.05, 0.1) is 38.4 Å². The van der Waals surface area contributed by atoms with Crippen molar-refractivity contribution < 1.29 is 28.5 Å². The second-order valence-corrected chi connectivity index (χ2v) is 6.57. The van der Waals surface area contributed by atoms with Crippen LogP contribution in [0.1, 0.15) is 11.1 Å². The second kappa shape index (κ2) is 11.1. The van der Waals surface area contributed by atoms with Gasteiger partial charge in [-0.25, -0.2) is 10.2 Å². The average molecular weight is 465 g/mol. The van der Waals surface area contributed by atoms with Gasteiger partial charge in [0, 0.05) is 0 Å². The van der Waals surface area contributed by atoms with Crippen molar-refractivity contribution in [2.45, 2.75) is 6.42 Å². The molecule has 29 heavy (non-hydrogen) atoms. The molecule has 1 N–H and O–H groups in total. The number of esters is 1. The summed E-state index contributed by atoms with van der Waals surface area (Å²) in [7, 11) is 4.34. The third-order valence-electron chi connectivity index (χ3n) is 3.74. The number of hydrogen-bond acceptors (Lipinski definition) is 7. The van der Waals surface area contributed by atoms with Gasteiger partial charge in [-0.05, 0) is 51.3 Å². The number of carbonyl (C=O) groups is 2. The van der Waals surface area contributed by atoms with Crippen molar-refractivity contribution in [1.29, 1.82) is 0 Å². The van der Waals surface area contributed by atoms with Crippen molar-refractivity contribution in [2.24, 2.45) is 5.10 Å². The van der Waals surface area contributed by atoms with Crippen molar-refractivity contribution in [3.63, 3.8) is 0 Å². The molecule has 2 aromatic rings. The van der Waals surface area contributed by atoms with E-state index in [1.165, 1.54) is 20.4 Å². The summed E-state index contributed by atoms with van der Waals surface area (Å²) >= 11 is 3.37. The van der Waals surface area contributed by atoms with E-state index < -0.39 is 5.97 Å². The van der Waals surface area contributed by atoms with Gasteiger partial charge >= 0.3 is 5.97 Å². The lowest BCUT2D eigenvalue weighted by Crippen LogP contribution is -2.19. The molecule has 0 radical (unpaired) electrons.